The molecule has 1 N–H and O–H groups in total. The molecule has 0 aliphatic carbocycles. The van der Waals surface area contributed by atoms with Gasteiger partial charge in [-0.15, -0.1) is 0 Å². The number of nitrogens with one attached hydrogen (secondary N) is 1. The number of hydrogen-bond acceptors (Lipinski definition) is 6. The summed E-state index contributed by atoms with van der Waals surface area (Å²) >= 11 is 0. The van der Waals surface area contributed by atoms with Gasteiger partial charge in [0, 0.05) is 46.4 Å². The van der Waals surface area contributed by atoms with Crippen LogP contribution in [0, 0.1) is 5.92 Å². The molecule has 1 atom stereocenters. The average molecular weight is 352 g/mol. The molecule has 8 nitrogen and oxygen atoms in total. The quantitative estimate of drug-likeness (QED) is 0.782. The van der Waals surface area contributed by atoms with Gasteiger partial charge in [0.2, 0.25) is 5.89 Å². The minimum atomic E-state index is -0.0500. The van der Waals surface area contributed by atoms with Gasteiger partial charge in [-0.25, -0.2) is 4.79 Å². The van der Waals surface area contributed by atoms with E-state index >= 15 is 0 Å². The monoisotopic (exact) mass is 352 g/mol. The Kier molecular flexibility index (Phi) is 6.63. The van der Waals surface area contributed by atoms with E-state index in [9.17, 15) is 4.79 Å². The van der Waals surface area contributed by atoms with Crippen molar-refractivity contribution in [1.82, 2.24) is 20.4 Å². The molecular formula is C17H28N4O4. The minimum absolute atomic E-state index is 0.0500. The Bertz CT molecular complexity index is 545. The second-order valence-corrected chi connectivity index (χ2v) is 6.77. The summed E-state index contributed by atoms with van der Waals surface area (Å²) in [6.07, 6.45) is 4.73. The Morgan fingerprint density at radius 2 is 2.20 bits per heavy atom. The summed E-state index contributed by atoms with van der Waals surface area (Å²) in [4.78, 5) is 18.1. The average Bonchev–Trinajstić information content (AvgIpc) is 3.14. The van der Waals surface area contributed by atoms with Crippen molar-refractivity contribution in [2.75, 3.05) is 46.6 Å². The Morgan fingerprint density at radius 3 is 3.00 bits per heavy atom. The lowest BCUT2D eigenvalue weighted by molar-refractivity contribution is 0.0211. The molecule has 1 unspecified atom stereocenters. The largest absolute Gasteiger partial charge is 0.381 e. The molecule has 2 aliphatic rings. The third kappa shape index (κ3) is 5.15. The summed E-state index contributed by atoms with van der Waals surface area (Å²) in [6, 6.07) is -0.0500. The number of likely N-dealkylation sites (tertiary alicyclic amines) is 1. The molecule has 3 heterocycles. The van der Waals surface area contributed by atoms with E-state index in [1.165, 1.54) is 0 Å². The van der Waals surface area contributed by atoms with E-state index < -0.39 is 0 Å². The molecule has 140 valence electrons. The maximum absolute atomic E-state index is 11.8. The summed E-state index contributed by atoms with van der Waals surface area (Å²) in [7, 11) is 1.65. The molecule has 1 aromatic rings. The molecule has 2 fully saturated rings. The van der Waals surface area contributed by atoms with Crippen LogP contribution in [-0.4, -0.2) is 67.6 Å². The number of carbonyl (C=O) groups excluding carboxylic acids is 1. The van der Waals surface area contributed by atoms with E-state index in [0.717, 1.165) is 52.0 Å². The first-order valence-corrected chi connectivity index (χ1v) is 9.21. The number of rotatable bonds is 6. The Morgan fingerprint density at radius 1 is 1.36 bits per heavy atom. The topological polar surface area (TPSA) is 89.7 Å². The van der Waals surface area contributed by atoms with Crippen molar-refractivity contribution >= 4 is 6.03 Å². The summed E-state index contributed by atoms with van der Waals surface area (Å²) in [5, 5.41) is 6.73. The third-order valence-corrected chi connectivity index (χ3v) is 4.92. The van der Waals surface area contributed by atoms with Crippen LogP contribution in [0.1, 0.15) is 43.3 Å². The van der Waals surface area contributed by atoms with Gasteiger partial charge in [-0.05, 0) is 31.6 Å². The summed E-state index contributed by atoms with van der Waals surface area (Å²) in [6.45, 7) is 4.47. The molecule has 1 aromatic heterocycles. The van der Waals surface area contributed by atoms with Gasteiger partial charge in [-0.2, -0.15) is 4.98 Å². The lowest BCUT2D eigenvalue weighted by Crippen LogP contribution is -2.43. The number of hydrogen-bond donors (Lipinski definition) is 1. The van der Waals surface area contributed by atoms with E-state index in [2.05, 4.69) is 15.5 Å². The maximum atomic E-state index is 11.8. The molecule has 0 spiro atoms. The van der Waals surface area contributed by atoms with E-state index in [1.54, 1.807) is 11.9 Å². The fraction of sp³-hybridized carbons (Fsp3) is 0.824. The first-order chi connectivity index (χ1) is 12.3. The molecule has 2 amide bonds. The van der Waals surface area contributed by atoms with Crippen LogP contribution < -0.4 is 5.32 Å². The Labute approximate surface area is 148 Å². The van der Waals surface area contributed by atoms with Crippen molar-refractivity contribution < 1.29 is 18.8 Å². The van der Waals surface area contributed by atoms with Crippen molar-refractivity contribution in [2.24, 2.45) is 5.92 Å². The number of piperidine rings is 1. The third-order valence-electron chi connectivity index (χ3n) is 4.92. The lowest BCUT2D eigenvalue weighted by Gasteiger charge is -2.30. The fourth-order valence-electron chi connectivity index (χ4n) is 3.38. The van der Waals surface area contributed by atoms with Crippen LogP contribution in [0.3, 0.4) is 0 Å². The van der Waals surface area contributed by atoms with Crippen LogP contribution in [0.25, 0.3) is 0 Å². The van der Waals surface area contributed by atoms with E-state index in [0.29, 0.717) is 37.2 Å². The number of carbonyl (C=O) groups is 1. The van der Waals surface area contributed by atoms with E-state index in [4.69, 9.17) is 14.0 Å². The van der Waals surface area contributed by atoms with Crippen molar-refractivity contribution in [3.8, 4) is 0 Å². The van der Waals surface area contributed by atoms with E-state index in [1.807, 2.05) is 0 Å². The molecule has 0 bridgehead atoms. The first kappa shape index (κ1) is 18.1. The van der Waals surface area contributed by atoms with Gasteiger partial charge in [0.25, 0.3) is 0 Å². The standard InChI is InChI=1S/C17H28N4O4/c1-18-17(22)21-7-2-3-14(11-21)16-19-15(20-25-16)6-10-24-12-13-4-8-23-9-5-13/h13-14H,2-12H2,1H3,(H,18,22). The smallest absolute Gasteiger partial charge is 0.317 e. The molecule has 25 heavy (non-hydrogen) atoms. The highest BCUT2D eigenvalue weighted by atomic mass is 16.5. The normalized spacial score (nSPS) is 22.1. The maximum Gasteiger partial charge on any atom is 0.317 e. The highest BCUT2D eigenvalue weighted by Gasteiger charge is 2.28. The first-order valence-electron chi connectivity index (χ1n) is 9.21. The van der Waals surface area contributed by atoms with Crippen LogP contribution in [0.4, 0.5) is 4.79 Å². The zero-order valence-electron chi connectivity index (χ0n) is 14.9. The molecule has 3 rings (SSSR count). The van der Waals surface area contributed by atoms with Crippen LogP contribution in [0.2, 0.25) is 0 Å². The molecule has 0 aromatic carbocycles. The number of amides is 2. The van der Waals surface area contributed by atoms with Crippen LogP contribution in [0.5, 0.6) is 0 Å². The van der Waals surface area contributed by atoms with Crippen molar-refractivity contribution in [2.45, 2.75) is 38.0 Å². The van der Waals surface area contributed by atoms with Crippen LogP contribution in [0.15, 0.2) is 4.52 Å². The highest BCUT2D eigenvalue weighted by Crippen LogP contribution is 2.25. The van der Waals surface area contributed by atoms with Gasteiger partial charge in [0.15, 0.2) is 5.82 Å². The Balaban J connectivity index is 1.41. The fourth-order valence-corrected chi connectivity index (χ4v) is 3.38. The van der Waals surface area contributed by atoms with Gasteiger partial charge in [0.05, 0.1) is 12.5 Å². The van der Waals surface area contributed by atoms with Crippen LogP contribution >= 0.6 is 0 Å². The van der Waals surface area contributed by atoms with E-state index in [-0.39, 0.29) is 11.9 Å². The van der Waals surface area contributed by atoms with Crippen LogP contribution in [-0.2, 0) is 15.9 Å². The van der Waals surface area contributed by atoms with Gasteiger partial charge in [0.1, 0.15) is 0 Å². The van der Waals surface area contributed by atoms with Crippen molar-refractivity contribution in [1.29, 1.82) is 0 Å². The molecular weight excluding hydrogens is 324 g/mol. The number of nitrogens with zero attached hydrogens (tertiary/aromatic N) is 3. The predicted octanol–water partition coefficient (Wildman–Crippen LogP) is 1.57. The number of urea groups is 1. The lowest BCUT2D eigenvalue weighted by atomic mass is 9.98. The summed E-state index contributed by atoms with van der Waals surface area (Å²) in [5.74, 6) is 2.04. The second kappa shape index (κ2) is 9.15. The SMILES string of the molecule is CNC(=O)N1CCCC(c2nc(CCOCC3CCOCC3)no2)C1. The molecule has 0 saturated carbocycles. The number of aromatic nitrogens is 2. The zero-order chi connectivity index (χ0) is 17.5. The van der Waals surface area contributed by atoms with Crippen molar-refractivity contribution in [3.63, 3.8) is 0 Å². The molecule has 2 aliphatic heterocycles. The van der Waals surface area contributed by atoms with Crippen molar-refractivity contribution in [3.05, 3.63) is 11.7 Å². The second-order valence-electron chi connectivity index (χ2n) is 6.77. The molecule has 8 heteroatoms. The predicted molar refractivity (Wildman–Crippen MR) is 90.4 cm³/mol. The highest BCUT2D eigenvalue weighted by molar-refractivity contribution is 5.73. The van der Waals surface area contributed by atoms with Gasteiger partial charge in [-0.1, -0.05) is 5.16 Å². The zero-order valence-corrected chi connectivity index (χ0v) is 14.9. The number of ether oxygens (including phenoxy) is 2. The minimum Gasteiger partial charge on any atom is -0.381 e. The summed E-state index contributed by atoms with van der Waals surface area (Å²) in [5.41, 5.74) is 0. The van der Waals surface area contributed by atoms with Gasteiger partial charge in [-0.3, -0.25) is 0 Å². The van der Waals surface area contributed by atoms with Gasteiger partial charge < -0.3 is 24.2 Å². The molecule has 2 saturated heterocycles. The molecule has 0 radical (unpaired) electrons. The summed E-state index contributed by atoms with van der Waals surface area (Å²) < 4.78 is 16.5. The van der Waals surface area contributed by atoms with Gasteiger partial charge >= 0.3 is 6.03 Å². The Hall–Kier alpha value is -1.67.